The van der Waals surface area contributed by atoms with Crippen LogP contribution in [0, 0.1) is 0 Å². The number of Topliss-reactive ketones (excluding diaryl/α,β-unsaturated/α-hetero) is 1. The Hall–Kier alpha value is -1.40. The third-order valence-electron chi connectivity index (χ3n) is 3.78. The Morgan fingerprint density at radius 2 is 1.83 bits per heavy atom. The molecule has 1 aromatic carbocycles. The molecule has 0 aliphatic carbocycles. The SMILES string of the molecule is CCCCC(c1ccccc1C(=O)C(F)(F)F)C(O)CC(C)O. The highest BCUT2D eigenvalue weighted by Gasteiger charge is 2.41. The smallest absolute Gasteiger partial charge is 0.393 e. The van der Waals surface area contributed by atoms with Crippen molar-refractivity contribution in [2.45, 2.75) is 63.8 Å². The number of ketones is 1. The molecule has 3 atom stereocenters. The zero-order valence-corrected chi connectivity index (χ0v) is 13.3. The quantitative estimate of drug-likeness (QED) is 0.711. The van der Waals surface area contributed by atoms with Crippen LogP contribution in [0.2, 0.25) is 0 Å². The molecule has 0 bridgehead atoms. The number of hydrogen-bond donors (Lipinski definition) is 2. The van der Waals surface area contributed by atoms with Crippen LogP contribution >= 0.6 is 0 Å². The number of carbonyl (C=O) groups is 1. The maximum absolute atomic E-state index is 12.8. The summed E-state index contributed by atoms with van der Waals surface area (Å²) < 4.78 is 38.4. The molecule has 0 saturated carbocycles. The summed E-state index contributed by atoms with van der Waals surface area (Å²) in [5, 5.41) is 19.8. The highest BCUT2D eigenvalue weighted by Crippen LogP contribution is 2.33. The van der Waals surface area contributed by atoms with Crippen LogP contribution in [0.25, 0.3) is 0 Å². The average molecular weight is 332 g/mol. The summed E-state index contributed by atoms with van der Waals surface area (Å²) in [4.78, 5) is 11.7. The molecule has 1 rings (SSSR count). The summed E-state index contributed by atoms with van der Waals surface area (Å²) in [5.41, 5.74) is -0.234. The van der Waals surface area contributed by atoms with Crippen LogP contribution in [0.3, 0.4) is 0 Å². The predicted molar refractivity (Wildman–Crippen MR) is 81.4 cm³/mol. The third kappa shape index (κ3) is 5.62. The van der Waals surface area contributed by atoms with Gasteiger partial charge in [-0.05, 0) is 25.3 Å². The minimum atomic E-state index is -4.96. The lowest BCUT2D eigenvalue weighted by atomic mass is 9.83. The summed E-state index contributed by atoms with van der Waals surface area (Å²) in [7, 11) is 0. The topological polar surface area (TPSA) is 57.5 Å². The van der Waals surface area contributed by atoms with Crippen molar-refractivity contribution in [3.63, 3.8) is 0 Å². The minimum Gasteiger partial charge on any atom is -0.393 e. The fourth-order valence-electron chi connectivity index (χ4n) is 2.67. The van der Waals surface area contributed by atoms with Gasteiger partial charge < -0.3 is 10.2 Å². The van der Waals surface area contributed by atoms with E-state index in [0.717, 1.165) is 12.5 Å². The molecule has 0 radical (unpaired) electrons. The normalized spacial score (nSPS) is 16.0. The molecule has 0 saturated heterocycles. The molecule has 23 heavy (non-hydrogen) atoms. The van der Waals surface area contributed by atoms with E-state index in [1.54, 1.807) is 6.07 Å². The van der Waals surface area contributed by atoms with E-state index in [1.807, 2.05) is 6.92 Å². The van der Waals surface area contributed by atoms with Crippen molar-refractivity contribution >= 4 is 5.78 Å². The lowest BCUT2D eigenvalue weighted by Gasteiger charge is -2.26. The summed E-state index contributed by atoms with van der Waals surface area (Å²) >= 11 is 0. The largest absolute Gasteiger partial charge is 0.454 e. The fourth-order valence-corrected chi connectivity index (χ4v) is 2.67. The van der Waals surface area contributed by atoms with Gasteiger partial charge in [0, 0.05) is 11.5 Å². The summed E-state index contributed by atoms with van der Waals surface area (Å²) in [6.45, 7) is 3.44. The molecular weight excluding hydrogens is 309 g/mol. The monoisotopic (exact) mass is 332 g/mol. The molecule has 3 unspecified atom stereocenters. The number of benzene rings is 1. The second-order valence-electron chi connectivity index (χ2n) is 5.81. The van der Waals surface area contributed by atoms with Gasteiger partial charge in [-0.1, -0.05) is 44.0 Å². The van der Waals surface area contributed by atoms with Gasteiger partial charge in [-0.15, -0.1) is 0 Å². The summed E-state index contributed by atoms with van der Waals surface area (Å²) in [6, 6.07) is 5.51. The van der Waals surface area contributed by atoms with Gasteiger partial charge in [0.1, 0.15) is 0 Å². The van der Waals surface area contributed by atoms with Crippen molar-refractivity contribution in [1.82, 2.24) is 0 Å². The van der Waals surface area contributed by atoms with E-state index in [0.29, 0.717) is 12.8 Å². The van der Waals surface area contributed by atoms with Crippen LogP contribution in [-0.2, 0) is 0 Å². The van der Waals surface area contributed by atoms with Gasteiger partial charge in [-0.25, -0.2) is 0 Å². The van der Waals surface area contributed by atoms with E-state index in [1.165, 1.54) is 19.1 Å². The Bertz CT molecular complexity index is 512. The van der Waals surface area contributed by atoms with E-state index in [2.05, 4.69) is 0 Å². The molecule has 0 aromatic heterocycles. The Balaban J connectivity index is 3.22. The van der Waals surface area contributed by atoms with Crippen molar-refractivity contribution in [2.75, 3.05) is 0 Å². The molecule has 0 spiro atoms. The van der Waals surface area contributed by atoms with Crippen molar-refractivity contribution < 1.29 is 28.2 Å². The number of carbonyl (C=O) groups excluding carboxylic acids is 1. The van der Waals surface area contributed by atoms with Crippen LogP contribution in [0.5, 0.6) is 0 Å². The molecule has 0 aliphatic rings. The van der Waals surface area contributed by atoms with Crippen molar-refractivity contribution in [2.24, 2.45) is 0 Å². The lowest BCUT2D eigenvalue weighted by molar-refractivity contribution is -0.0886. The van der Waals surface area contributed by atoms with Crippen LogP contribution in [0.15, 0.2) is 24.3 Å². The highest BCUT2D eigenvalue weighted by molar-refractivity contribution is 6.01. The van der Waals surface area contributed by atoms with E-state index < -0.39 is 35.6 Å². The Morgan fingerprint density at radius 1 is 1.22 bits per heavy atom. The summed E-state index contributed by atoms with van der Waals surface area (Å²) in [5.74, 6) is -2.52. The van der Waals surface area contributed by atoms with Crippen molar-refractivity contribution in [3.05, 3.63) is 35.4 Å². The molecule has 0 heterocycles. The number of unbranched alkanes of at least 4 members (excludes halogenated alkanes) is 1. The number of aliphatic hydroxyl groups is 2. The second kappa shape index (κ2) is 8.45. The van der Waals surface area contributed by atoms with Gasteiger partial charge in [0.05, 0.1) is 12.2 Å². The summed E-state index contributed by atoms with van der Waals surface area (Å²) in [6.07, 6.45) is -4.73. The minimum absolute atomic E-state index is 0.0446. The van der Waals surface area contributed by atoms with Crippen LogP contribution in [-0.4, -0.2) is 34.4 Å². The third-order valence-corrected chi connectivity index (χ3v) is 3.78. The average Bonchev–Trinajstić information content (AvgIpc) is 2.45. The second-order valence-corrected chi connectivity index (χ2v) is 5.81. The molecule has 130 valence electrons. The van der Waals surface area contributed by atoms with Crippen LogP contribution in [0.4, 0.5) is 13.2 Å². The Kier molecular flexibility index (Phi) is 7.22. The van der Waals surface area contributed by atoms with Crippen LogP contribution < -0.4 is 0 Å². The Morgan fingerprint density at radius 3 is 2.35 bits per heavy atom. The molecule has 3 nitrogen and oxygen atoms in total. The molecule has 0 amide bonds. The highest BCUT2D eigenvalue weighted by atomic mass is 19.4. The van der Waals surface area contributed by atoms with Gasteiger partial charge >= 0.3 is 6.18 Å². The van der Waals surface area contributed by atoms with Gasteiger partial charge in [-0.2, -0.15) is 13.2 Å². The van der Waals surface area contributed by atoms with Gasteiger partial charge in [0.2, 0.25) is 0 Å². The zero-order chi connectivity index (χ0) is 17.6. The molecule has 0 aliphatic heterocycles. The first-order valence-electron chi connectivity index (χ1n) is 7.75. The molecule has 0 fully saturated rings. The first kappa shape index (κ1) is 19.6. The maximum atomic E-state index is 12.8. The maximum Gasteiger partial charge on any atom is 0.454 e. The van der Waals surface area contributed by atoms with E-state index in [9.17, 15) is 28.2 Å². The van der Waals surface area contributed by atoms with Crippen LogP contribution in [0.1, 0.15) is 61.4 Å². The Labute approximate surface area is 134 Å². The van der Waals surface area contributed by atoms with Gasteiger partial charge in [-0.3, -0.25) is 4.79 Å². The van der Waals surface area contributed by atoms with E-state index in [4.69, 9.17) is 0 Å². The lowest BCUT2D eigenvalue weighted by Crippen LogP contribution is -2.28. The first-order valence-corrected chi connectivity index (χ1v) is 7.75. The number of aliphatic hydroxyl groups excluding tert-OH is 2. The standard InChI is InChI=1S/C17H23F3O3/c1-3-4-7-13(15(22)10-11(2)21)12-8-5-6-9-14(12)16(23)17(18,19)20/h5-6,8-9,11,13,15,21-22H,3-4,7,10H2,1-2H3. The molecule has 6 heteroatoms. The predicted octanol–water partition coefficient (Wildman–Crippen LogP) is 3.84. The number of hydrogen-bond acceptors (Lipinski definition) is 3. The molecule has 1 aromatic rings. The van der Waals surface area contributed by atoms with Gasteiger partial charge in [0.15, 0.2) is 0 Å². The van der Waals surface area contributed by atoms with Gasteiger partial charge in [0.25, 0.3) is 5.78 Å². The molecular formula is C17H23F3O3. The van der Waals surface area contributed by atoms with E-state index in [-0.39, 0.29) is 12.0 Å². The number of alkyl halides is 3. The molecule has 2 N–H and O–H groups in total. The first-order chi connectivity index (χ1) is 10.7. The fraction of sp³-hybridized carbons (Fsp3) is 0.588. The number of rotatable bonds is 8. The van der Waals surface area contributed by atoms with Crippen molar-refractivity contribution in [1.29, 1.82) is 0 Å². The van der Waals surface area contributed by atoms with E-state index >= 15 is 0 Å². The zero-order valence-electron chi connectivity index (χ0n) is 13.3. The number of halogens is 3. The van der Waals surface area contributed by atoms with Crippen molar-refractivity contribution in [3.8, 4) is 0 Å².